The summed E-state index contributed by atoms with van der Waals surface area (Å²) in [6.07, 6.45) is 0.852. The maximum absolute atomic E-state index is 8.49. The summed E-state index contributed by atoms with van der Waals surface area (Å²) in [4.78, 5) is 0. The Hall–Kier alpha value is -3.98. The molecule has 0 spiro atoms. The van der Waals surface area contributed by atoms with Crippen LogP contribution >= 0.6 is 0 Å². The fraction of sp³-hybridized carbons (Fsp3) is 0.100. The minimum absolute atomic E-state index is 0.00553. The first-order chi connectivity index (χ1) is 18.3. The Labute approximate surface area is 224 Å². The van der Waals surface area contributed by atoms with Gasteiger partial charge in [-0.1, -0.05) is 79.4 Å². The van der Waals surface area contributed by atoms with Crippen molar-refractivity contribution in [1.29, 1.82) is 0 Å². The van der Waals surface area contributed by atoms with E-state index in [0.29, 0.717) is 0 Å². The van der Waals surface area contributed by atoms with E-state index in [1.54, 1.807) is 0 Å². The van der Waals surface area contributed by atoms with E-state index in [0.717, 1.165) is 29.2 Å². The van der Waals surface area contributed by atoms with Gasteiger partial charge in [-0.3, -0.25) is 0 Å². The first-order valence-corrected chi connectivity index (χ1v) is 13.2. The number of para-hydroxylation sites is 4. The zero-order valence-corrected chi connectivity index (χ0v) is 21.3. The van der Waals surface area contributed by atoms with Gasteiger partial charge in [0.05, 0.1) is 0 Å². The molecule has 8 heteroatoms. The molecule has 0 aliphatic heterocycles. The molecule has 2 N–H and O–H groups in total. The maximum atomic E-state index is 8.49. The molecule has 0 amide bonds. The molecule has 0 aromatic heterocycles. The Balaban J connectivity index is 0.000000617. The third kappa shape index (κ3) is 7.52. The van der Waals surface area contributed by atoms with E-state index >= 15 is 0 Å². The predicted molar refractivity (Wildman–Crippen MR) is 141 cm³/mol. The van der Waals surface area contributed by atoms with E-state index in [-0.39, 0.29) is 12.1 Å². The highest BCUT2D eigenvalue weighted by Crippen LogP contribution is 2.32. The van der Waals surface area contributed by atoms with Gasteiger partial charge < -0.3 is 10.6 Å². The summed E-state index contributed by atoms with van der Waals surface area (Å²) in [5.41, 5.74) is 6.86. The molecule has 194 valence electrons. The van der Waals surface area contributed by atoms with Crippen LogP contribution in [-0.4, -0.2) is 17.8 Å². The molecule has 2 atom stereocenters. The summed E-state index contributed by atoms with van der Waals surface area (Å²) in [5.74, 6) is 0. The summed E-state index contributed by atoms with van der Waals surface area (Å²) in [5, 5.41) is 7.54. The van der Waals surface area contributed by atoms with Crippen LogP contribution < -0.4 is 33.8 Å². The van der Waals surface area contributed by atoms with Gasteiger partial charge in [-0.05, 0) is 29.8 Å². The van der Waals surface area contributed by atoms with Crippen LogP contribution in [-0.2, 0) is 0 Å². The SMILES string of the molecule is C=C1CC(Nc2ccccc2)C(=[N+](c2ccccc2)c2ccccc2)C1Nc1ccccc1.[O-][Cl+3]([O-])([O-])[O-]. The molecule has 0 saturated heterocycles. The molecular weight excluding hydrogens is 502 g/mol. The predicted octanol–water partition coefficient (Wildman–Crippen LogP) is 2.13. The standard InChI is InChI=1S/C30H28N3.ClHO4/c1-23-22-28(31-24-14-6-2-7-15-24)30(29(23)32-25-16-8-3-9-17-25)33(26-18-10-4-11-19-26)27-20-12-5-13-21-27;2-1(3,4)5/h2-21,28-29,31-32H,1,22H2;(H,2,3,4,5)/q+1;/p-1. The van der Waals surface area contributed by atoms with E-state index in [9.17, 15) is 0 Å². The molecule has 1 saturated carbocycles. The van der Waals surface area contributed by atoms with Crippen LogP contribution in [0, 0.1) is 10.2 Å². The second-order valence-electron chi connectivity index (χ2n) is 8.68. The number of hydrogen-bond acceptors (Lipinski definition) is 6. The molecular formula is C30H28ClN3O4. The Morgan fingerprint density at radius 1 is 0.605 bits per heavy atom. The number of rotatable bonds is 6. The van der Waals surface area contributed by atoms with E-state index in [4.69, 9.17) is 18.6 Å². The van der Waals surface area contributed by atoms with Gasteiger partial charge in [0.25, 0.3) is 0 Å². The lowest BCUT2D eigenvalue weighted by Crippen LogP contribution is -2.68. The van der Waals surface area contributed by atoms with Crippen LogP contribution in [0.25, 0.3) is 0 Å². The Morgan fingerprint density at radius 3 is 1.39 bits per heavy atom. The fourth-order valence-corrected chi connectivity index (χ4v) is 4.52. The van der Waals surface area contributed by atoms with Gasteiger partial charge in [-0.25, -0.2) is 18.6 Å². The van der Waals surface area contributed by atoms with Crippen molar-refractivity contribution in [1.82, 2.24) is 4.58 Å². The number of halogens is 1. The lowest BCUT2D eigenvalue weighted by Gasteiger charge is -2.19. The van der Waals surface area contributed by atoms with E-state index < -0.39 is 10.2 Å². The third-order valence-corrected chi connectivity index (χ3v) is 6.01. The maximum Gasteiger partial charge on any atom is 0.213 e. The molecule has 1 fully saturated rings. The second kappa shape index (κ2) is 12.5. The minimum Gasteiger partial charge on any atom is -0.373 e. The number of hydrogen-bond donors (Lipinski definition) is 2. The average Bonchev–Trinajstić information content (AvgIpc) is 3.20. The third-order valence-electron chi connectivity index (χ3n) is 6.01. The van der Waals surface area contributed by atoms with Crippen molar-refractivity contribution < 1.29 is 28.9 Å². The van der Waals surface area contributed by atoms with Crippen molar-refractivity contribution in [2.45, 2.75) is 18.5 Å². The molecule has 5 rings (SSSR count). The summed E-state index contributed by atoms with van der Waals surface area (Å²) in [6, 6.07) is 42.0. The molecule has 2 unspecified atom stereocenters. The molecule has 7 nitrogen and oxygen atoms in total. The van der Waals surface area contributed by atoms with Crippen molar-refractivity contribution in [2.75, 3.05) is 10.6 Å². The summed E-state index contributed by atoms with van der Waals surface area (Å²) in [6.45, 7) is 4.49. The Bertz CT molecular complexity index is 1300. The summed E-state index contributed by atoms with van der Waals surface area (Å²) < 4.78 is 36.3. The minimum atomic E-state index is -4.94. The fourth-order valence-electron chi connectivity index (χ4n) is 4.52. The lowest BCUT2D eigenvalue weighted by molar-refractivity contribution is -2.00. The number of anilines is 2. The number of benzene rings is 4. The van der Waals surface area contributed by atoms with E-state index in [2.05, 4.69) is 131 Å². The molecule has 0 radical (unpaired) electrons. The van der Waals surface area contributed by atoms with E-state index in [1.165, 1.54) is 11.3 Å². The van der Waals surface area contributed by atoms with Gasteiger partial charge in [-0.2, -0.15) is 4.58 Å². The zero-order chi connectivity index (χ0) is 27.0. The van der Waals surface area contributed by atoms with Gasteiger partial charge >= 0.3 is 0 Å². The number of nitrogens with one attached hydrogen (secondary N) is 2. The molecule has 0 heterocycles. The highest BCUT2D eigenvalue weighted by Gasteiger charge is 2.43. The van der Waals surface area contributed by atoms with Crippen molar-refractivity contribution >= 4 is 28.5 Å². The van der Waals surface area contributed by atoms with Crippen LogP contribution in [0.3, 0.4) is 0 Å². The van der Waals surface area contributed by atoms with E-state index in [1.807, 2.05) is 12.1 Å². The van der Waals surface area contributed by atoms with Crippen molar-refractivity contribution in [2.24, 2.45) is 0 Å². The normalized spacial score (nSPS) is 16.8. The lowest BCUT2D eigenvalue weighted by atomic mass is 10.1. The van der Waals surface area contributed by atoms with Crippen LogP contribution in [0.1, 0.15) is 6.42 Å². The van der Waals surface area contributed by atoms with Crippen LogP contribution in [0.5, 0.6) is 0 Å². The monoisotopic (exact) mass is 529 g/mol. The summed E-state index contributed by atoms with van der Waals surface area (Å²) in [7, 11) is -4.94. The molecule has 1 aliphatic carbocycles. The topological polar surface area (TPSA) is 119 Å². The quantitative estimate of drug-likeness (QED) is 0.292. The van der Waals surface area contributed by atoms with Crippen molar-refractivity contribution in [3.05, 3.63) is 133 Å². The van der Waals surface area contributed by atoms with Crippen LogP contribution in [0.15, 0.2) is 133 Å². The Morgan fingerprint density at radius 2 is 0.974 bits per heavy atom. The first-order valence-electron chi connectivity index (χ1n) is 12.0. The molecule has 1 aliphatic rings. The molecule has 0 bridgehead atoms. The molecule has 4 aromatic rings. The number of nitrogens with zero attached hydrogens (tertiary/aromatic N) is 1. The molecule has 38 heavy (non-hydrogen) atoms. The van der Waals surface area contributed by atoms with Crippen molar-refractivity contribution in [3.8, 4) is 0 Å². The highest BCUT2D eigenvalue weighted by molar-refractivity contribution is 6.06. The zero-order valence-electron chi connectivity index (χ0n) is 20.6. The van der Waals surface area contributed by atoms with Gasteiger partial charge in [-0.15, -0.1) is 10.2 Å². The van der Waals surface area contributed by atoms with Crippen LogP contribution in [0.4, 0.5) is 22.7 Å². The van der Waals surface area contributed by atoms with Gasteiger partial charge in [0.1, 0.15) is 12.1 Å². The van der Waals surface area contributed by atoms with Gasteiger partial charge in [0.15, 0.2) is 0 Å². The van der Waals surface area contributed by atoms with Gasteiger partial charge in [0, 0.05) is 42.1 Å². The smallest absolute Gasteiger partial charge is 0.213 e. The summed E-state index contributed by atoms with van der Waals surface area (Å²) >= 11 is 0. The van der Waals surface area contributed by atoms with Crippen molar-refractivity contribution in [3.63, 3.8) is 0 Å². The van der Waals surface area contributed by atoms with Gasteiger partial charge in [0.2, 0.25) is 17.1 Å². The highest BCUT2D eigenvalue weighted by atomic mass is 35.7. The Kier molecular flexibility index (Phi) is 8.91. The average molecular weight is 530 g/mol. The van der Waals surface area contributed by atoms with Crippen LogP contribution in [0.2, 0.25) is 0 Å². The molecule has 4 aromatic carbocycles. The second-order valence-corrected chi connectivity index (χ2v) is 9.43. The largest absolute Gasteiger partial charge is 0.373 e. The first kappa shape index (κ1) is 27.1.